The van der Waals surface area contributed by atoms with Crippen molar-refractivity contribution in [3.63, 3.8) is 0 Å². The maximum absolute atomic E-state index is 9.74. The maximum Gasteiger partial charge on any atom is 0.0932 e. The molecule has 1 aliphatic rings. The summed E-state index contributed by atoms with van der Waals surface area (Å²) < 4.78 is 10.7. The van der Waals surface area contributed by atoms with Crippen molar-refractivity contribution in [2.24, 2.45) is 0 Å². The lowest BCUT2D eigenvalue weighted by Crippen LogP contribution is -2.47. The highest BCUT2D eigenvalue weighted by molar-refractivity contribution is 4.73. The van der Waals surface area contributed by atoms with Crippen molar-refractivity contribution in [2.75, 3.05) is 39.5 Å². The average Bonchev–Trinajstić information content (AvgIpc) is 2.26. The molecule has 0 aromatic rings. The van der Waals surface area contributed by atoms with Gasteiger partial charge in [0.15, 0.2) is 0 Å². The van der Waals surface area contributed by atoms with Crippen LogP contribution in [-0.2, 0) is 9.47 Å². The lowest BCUT2D eigenvalue weighted by Gasteiger charge is -2.33. The zero-order valence-corrected chi connectivity index (χ0v) is 10.1. The summed E-state index contributed by atoms with van der Waals surface area (Å²) in [6, 6.07) is 0. The molecular formula is C11H23NO4. The molecule has 0 aliphatic carbocycles. The van der Waals surface area contributed by atoms with E-state index in [9.17, 15) is 5.11 Å². The Hall–Kier alpha value is -0.200. The topological polar surface area (TPSA) is 62.2 Å². The second kappa shape index (κ2) is 7.19. The van der Waals surface area contributed by atoms with E-state index in [1.807, 2.05) is 13.8 Å². The summed E-state index contributed by atoms with van der Waals surface area (Å²) in [7, 11) is 0. The van der Waals surface area contributed by atoms with Crippen LogP contribution >= 0.6 is 0 Å². The summed E-state index contributed by atoms with van der Waals surface area (Å²) in [4.78, 5) is 2.10. The summed E-state index contributed by atoms with van der Waals surface area (Å²) in [5.74, 6) is 0. The lowest BCUT2D eigenvalue weighted by molar-refractivity contribution is -0.0712. The predicted octanol–water partition coefficient (Wildman–Crippen LogP) is -0.535. The Morgan fingerprint density at radius 3 is 2.88 bits per heavy atom. The van der Waals surface area contributed by atoms with Crippen molar-refractivity contribution >= 4 is 0 Å². The van der Waals surface area contributed by atoms with E-state index in [1.54, 1.807) is 0 Å². The molecule has 1 heterocycles. The highest BCUT2D eigenvalue weighted by Crippen LogP contribution is 2.05. The predicted molar refractivity (Wildman–Crippen MR) is 60.4 cm³/mol. The first kappa shape index (κ1) is 13.9. The quantitative estimate of drug-likeness (QED) is 0.645. The Bertz CT molecular complexity index is 189. The molecule has 16 heavy (non-hydrogen) atoms. The van der Waals surface area contributed by atoms with Crippen molar-refractivity contribution in [2.45, 2.75) is 32.2 Å². The van der Waals surface area contributed by atoms with Gasteiger partial charge in [0.25, 0.3) is 0 Å². The van der Waals surface area contributed by atoms with Crippen LogP contribution in [0, 0.1) is 0 Å². The number of rotatable bonds is 6. The molecule has 0 aromatic heterocycles. The molecule has 1 aliphatic heterocycles. The number of ether oxygens (including phenoxy) is 2. The summed E-state index contributed by atoms with van der Waals surface area (Å²) >= 11 is 0. The van der Waals surface area contributed by atoms with Gasteiger partial charge < -0.3 is 19.7 Å². The monoisotopic (exact) mass is 233 g/mol. The van der Waals surface area contributed by atoms with Crippen molar-refractivity contribution in [1.82, 2.24) is 4.90 Å². The molecule has 1 rings (SSSR count). The van der Waals surface area contributed by atoms with Crippen LogP contribution in [0.3, 0.4) is 0 Å². The molecule has 5 nitrogen and oxygen atoms in total. The normalized spacial score (nSPS) is 24.9. The average molecular weight is 233 g/mol. The standard InChI is InChI=1S/C11H23NO4/c1-9(2)16-8-10(14)5-12-3-4-15-11(6-12)7-13/h9-11,13-14H,3-8H2,1-2H3. The summed E-state index contributed by atoms with van der Waals surface area (Å²) in [5.41, 5.74) is 0. The van der Waals surface area contributed by atoms with E-state index in [4.69, 9.17) is 14.6 Å². The van der Waals surface area contributed by atoms with Crippen LogP contribution in [0.25, 0.3) is 0 Å². The number of aliphatic hydroxyl groups is 2. The Morgan fingerprint density at radius 2 is 2.25 bits per heavy atom. The van der Waals surface area contributed by atoms with Gasteiger partial charge in [-0.2, -0.15) is 0 Å². The molecule has 0 radical (unpaired) electrons. The SMILES string of the molecule is CC(C)OCC(O)CN1CCOC(CO)C1. The Morgan fingerprint density at radius 1 is 1.50 bits per heavy atom. The van der Waals surface area contributed by atoms with E-state index >= 15 is 0 Å². The maximum atomic E-state index is 9.74. The van der Waals surface area contributed by atoms with E-state index in [1.165, 1.54) is 0 Å². The van der Waals surface area contributed by atoms with E-state index < -0.39 is 6.10 Å². The number of nitrogens with zero attached hydrogens (tertiary/aromatic N) is 1. The minimum atomic E-state index is -0.472. The number of hydrogen-bond donors (Lipinski definition) is 2. The molecule has 2 N–H and O–H groups in total. The molecule has 0 aromatic carbocycles. The highest BCUT2D eigenvalue weighted by Gasteiger charge is 2.21. The minimum absolute atomic E-state index is 0.0368. The van der Waals surface area contributed by atoms with Gasteiger partial charge in [0.1, 0.15) is 0 Å². The second-order valence-corrected chi connectivity index (χ2v) is 4.47. The molecule has 96 valence electrons. The Labute approximate surface area is 97.0 Å². The van der Waals surface area contributed by atoms with Gasteiger partial charge in [-0.3, -0.25) is 4.90 Å². The fourth-order valence-corrected chi connectivity index (χ4v) is 1.71. The van der Waals surface area contributed by atoms with Crippen LogP contribution < -0.4 is 0 Å². The molecule has 2 atom stereocenters. The largest absolute Gasteiger partial charge is 0.394 e. The summed E-state index contributed by atoms with van der Waals surface area (Å²) in [6.07, 6.45) is -0.448. The Balaban J connectivity index is 2.19. The number of aliphatic hydroxyl groups excluding tert-OH is 2. The van der Waals surface area contributed by atoms with Crippen molar-refractivity contribution < 1.29 is 19.7 Å². The fourth-order valence-electron chi connectivity index (χ4n) is 1.71. The Kier molecular flexibility index (Phi) is 6.23. The van der Waals surface area contributed by atoms with Crippen LogP contribution in [0.15, 0.2) is 0 Å². The van der Waals surface area contributed by atoms with E-state index in [0.29, 0.717) is 26.3 Å². The lowest BCUT2D eigenvalue weighted by atomic mass is 10.2. The van der Waals surface area contributed by atoms with Gasteiger partial charge >= 0.3 is 0 Å². The van der Waals surface area contributed by atoms with E-state index in [2.05, 4.69) is 4.90 Å². The van der Waals surface area contributed by atoms with Crippen LogP contribution in [0.5, 0.6) is 0 Å². The molecule has 1 fully saturated rings. The van der Waals surface area contributed by atoms with Crippen LogP contribution in [-0.4, -0.2) is 72.9 Å². The minimum Gasteiger partial charge on any atom is -0.394 e. The highest BCUT2D eigenvalue weighted by atomic mass is 16.5. The van der Waals surface area contributed by atoms with Gasteiger partial charge in [-0.15, -0.1) is 0 Å². The van der Waals surface area contributed by atoms with E-state index in [-0.39, 0.29) is 18.8 Å². The molecule has 0 amide bonds. The first-order valence-corrected chi connectivity index (χ1v) is 5.86. The summed E-state index contributed by atoms with van der Waals surface area (Å²) in [6.45, 7) is 6.96. The fraction of sp³-hybridized carbons (Fsp3) is 1.00. The molecule has 0 spiro atoms. The molecule has 0 bridgehead atoms. The first-order valence-electron chi connectivity index (χ1n) is 5.86. The second-order valence-electron chi connectivity index (χ2n) is 4.47. The van der Waals surface area contributed by atoms with E-state index in [0.717, 1.165) is 6.54 Å². The van der Waals surface area contributed by atoms with Crippen LogP contribution in [0.2, 0.25) is 0 Å². The number of β-amino-alcohol motifs (C(OH)–C–C–N with tert-alkyl or cyclic N) is 1. The van der Waals surface area contributed by atoms with Gasteiger partial charge in [-0.1, -0.05) is 0 Å². The van der Waals surface area contributed by atoms with Crippen molar-refractivity contribution in [1.29, 1.82) is 0 Å². The molecule has 2 unspecified atom stereocenters. The molecule has 5 heteroatoms. The molecule has 1 saturated heterocycles. The van der Waals surface area contributed by atoms with Gasteiger partial charge in [-0.25, -0.2) is 0 Å². The van der Waals surface area contributed by atoms with Gasteiger partial charge in [0.05, 0.1) is 38.1 Å². The van der Waals surface area contributed by atoms with Gasteiger partial charge in [0.2, 0.25) is 0 Å². The zero-order chi connectivity index (χ0) is 12.0. The third-order valence-corrected chi connectivity index (χ3v) is 2.52. The van der Waals surface area contributed by atoms with Crippen molar-refractivity contribution in [3.05, 3.63) is 0 Å². The van der Waals surface area contributed by atoms with Crippen LogP contribution in [0.4, 0.5) is 0 Å². The van der Waals surface area contributed by atoms with Crippen molar-refractivity contribution in [3.8, 4) is 0 Å². The van der Waals surface area contributed by atoms with Gasteiger partial charge in [-0.05, 0) is 13.8 Å². The smallest absolute Gasteiger partial charge is 0.0932 e. The third kappa shape index (κ3) is 5.23. The number of morpholine rings is 1. The summed E-state index contributed by atoms with van der Waals surface area (Å²) in [5, 5.41) is 18.7. The van der Waals surface area contributed by atoms with Crippen LogP contribution in [0.1, 0.15) is 13.8 Å². The van der Waals surface area contributed by atoms with Gasteiger partial charge in [0, 0.05) is 19.6 Å². The number of hydrogen-bond acceptors (Lipinski definition) is 5. The third-order valence-electron chi connectivity index (χ3n) is 2.52. The molecule has 0 saturated carbocycles. The zero-order valence-electron chi connectivity index (χ0n) is 10.1. The molecular weight excluding hydrogens is 210 g/mol. The first-order chi connectivity index (χ1) is 7.61.